The van der Waals surface area contributed by atoms with E-state index in [1.165, 1.54) is 73.9 Å². The highest BCUT2D eigenvalue weighted by Gasteiger charge is 2.28. The molecule has 0 amide bonds. The van der Waals surface area contributed by atoms with Crippen molar-refractivity contribution in [3.63, 3.8) is 0 Å². The molecule has 2 aromatic rings. The Morgan fingerprint density at radius 3 is 1.60 bits per heavy atom. The predicted octanol–water partition coefficient (Wildman–Crippen LogP) is 5.73. The zero-order chi connectivity index (χ0) is 34.2. The molecular weight excluding hydrogens is 784 g/mol. The molecule has 0 atom stereocenters. The summed E-state index contributed by atoms with van der Waals surface area (Å²) >= 11 is 6.14. The van der Waals surface area contributed by atoms with Crippen molar-refractivity contribution in [2.24, 2.45) is 0 Å². The first kappa shape index (κ1) is 40.9. The van der Waals surface area contributed by atoms with Crippen LogP contribution in [-0.2, 0) is 28.6 Å². The van der Waals surface area contributed by atoms with Gasteiger partial charge in [0.1, 0.15) is 0 Å². The third-order valence-corrected chi connectivity index (χ3v) is 11.3. The first-order valence-corrected chi connectivity index (χ1v) is 19.2. The van der Waals surface area contributed by atoms with Crippen LogP contribution in [0.2, 0.25) is 0 Å². The lowest BCUT2D eigenvalue weighted by Crippen LogP contribution is -2.35. The topological polar surface area (TPSA) is 184 Å². The third-order valence-electron chi connectivity index (χ3n) is 6.11. The van der Waals surface area contributed by atoms with Gasteiger partial charge in [-0.05, 0) is 114 Å². The minimum absolute atomic E-state index is 0.0225. The maximum absolute atomic E-state index is 12.5. The molecule has 252 valence electrons. The second-order valence-electron chi connectivity index (χ2n) is 9.54. The number of nitrogens with zero attached hydrogens (tertiary/aromatic N) is 1. The van der Waals surface area contributed by atoms with Crippen LogP contribution in [0.15, 0.2) is 55.1 Å². The maximum Gasteiger partial charge on any atom is 0.335 e. The molecule has 0 saturated carbocycles. The van der Waals surface area contributed by atoms with Gasteiger partial charge in [0.05, 0.1) is 27.5 Å². The van der Waals surface area contributed by atoms with Crippen molar-refractivity contribution in [2.75, 3.05) is 32.8 Å². The molecule has 0 bridgehead atoms. The first-order chi connectivity index (χ1) is 21.0. The van der Waals surface area contributed by atoms with Crippen molar-refractivity contribution < 1.29 is 46.2 Å². The number of aromatic carboxylic acids is 2. The van der Waals surface area contributed by atoms with Gasteiger partial charge in [-0.15, -0.1) is 0 Å². The first-order valence-electron chi connectivity index (χ1n) is 13.9. The number of sulfonamides is 1. The highest BCUT2D eigenvalue weighted by Crippen LogP contribution is 2.28. The van der Waals surface area contributed by atoms with Gasteiger partial charge >= 0.3 is 17.9 Å². The molecule has 2 heterocycles. The summed E-state index contributed by atoms with van der Waals surface area (Å²) in [5, 5.41) is 20.8. The van der Waals surface area contributed by atoms with Gasteiger partial charge in [-0.3, -0.25) is 4.79 Å². The lowest BCUT2D eigenvalue weighted by Gasteiger charge is -2.26. The Balaban J connectivity index is 0.000000338. The lowest BCUT2D eigenvalue weighted by molar-refractivity contribution is -0.140. The average Bonchev–Trinajstić information content (AvgIpc) is 2.99. The Morgan fingerprint density at radius 2 is 1.27 bits per heavy atom. The molecule has 4 rings (SSSR count). The number of rotatable bonds is 6. The summed E-state index contributed by atoms with van der Waals surface area (Å²) in [6, 6.07) is 7.63. The number of hydrogen-bond donors (Lipinski definition) is 3. The number of hydrogen-bond acceptors (Lipinski definition) is 9. The molecule has 12 nitrogen and oxygen atoms in total. The Bertz CT molecular complexity index is 1500. The number of ether oxygens (including phenoxy) is 1. The molecule has 2 saturated heterocycles. The van der Waals surface area contributed by atoms with Crippen molar-refractivity contribution in [3.8, 4) is 0 Å². The van der Waals surface area contributed by atoms with Crippen molar-refractivity contribution in [3.05, 3.63) is 56.5 Å². The Morgan fingerprint density at radius 1 is 0.822 bits per heavy atom. The molecule has 3 N–H and O–H groups in total. The quantitative estimate of drug-likeness (QED) is 0.239. The second-order valence-corrected chi connectivity index (χ2v) is 15.7. The molecule has 2 aromatic carbocycles. The van der Waals surface area contributed by atoms with Gasteiger partial charge in [0.2, 0.25) is 10.0 Å². The van der Waals surface area contributed by atoms with Gasteiger partial charge in [0.15, 0.2) is 0 Å². The number of piperidine rings is 2. The molecule has 0 aliphatic carbocycles. The summed E-state index contributed by atoms with van der Waals surface area (Å²) < 4.78 is 53.4. The van der Waals surface area contributed by atoms with Crippen LogP contribution in [0, 0.1) is 0 Å². The van der Waals surface area contributed by atoms with Crippen molar-refractivity contribution in [2.45, 2.75) is 62.2 Å². The fraction of sp³-hybridized carbons (Fsp3) is 0.464. The van der Waals surface area contributed by atoms with Crippen LogP contribution < -0.4 is 5.32 Å². The van der Waals surface area contributed by atoms with E-state index < -0.39 is 31.0 Å². The van der Waals surface area contributed by atoms with Gasteiger partial charge in [-0.25, -0.2) is 26.4 Å². The van der Waals surface area contributed by atoms with Crippen LogP contribution in [0.25, 0.3) is 0 Å². The molecule has 0 spiro atoms. The van der Waals surface area contributed by atoms with Crippen LogP contribution in [-0.4, -0.2) is 82.0 Å². The Kier molecular flexibility index (Phi) is 18.4. The largest absolute Gasteiger partial charge is 0.478 e. The molecule has 2 aliphatic heterocycles. The van der Waals surface area contributed by atoms with E-state index in [4.69, 9.17) is 20.9 Å². The number of benzene rings is 2. The van der Waals surface area contributed by atoms with E-state index in [-0.39, 0.29) is 31.4 Å². The summed E-state index contributed by atoms with van der Waals surface area (Å²) in [5.41, 5.74) is -0.161. The fourth-order valence-corrected chi connectivity index (χ4v) is 8.49. The number of carbonyl (C=O) groups is 3. The van der Waals surface area contributed by atoms with Gasteiger partial charge in [-0.2, -0.15) is 4.31 Å². The monoisotopic (exact) mass is 818 g/mol. The number of carboxylic acids is 2. The van der Waals surface area contributed by atoms with E-state index in [1.54, 1.807) is 6.92 Å². The summed E-state index contributed by atoms with van der Waals surface area (Å²) in [4.78, 5) is 31.1. The summed E-state index contributed by atoms with van der Waals surface area (Å²) in [5.74, 6) is -2.56. The second kappa shape index (κ2) is 20.2. The number of carboxylic acid groups (broad SMARTS) is 2. The van der Waals surface area contributed by atoms with Gasteiger partial charge in [0.25, 0.3) is 9.05 Å². The molecule has 45 heavy (non-hydrogen) atoms. The number of nitrogens with one attached hydrogen (secondary N) is 1. The van der Waals surface area contributed by atoms with E-state index in [1.807, 2.05) is 0 Å². The molecular formula is C28H37Br2ClN2O10S2. The molecule has 0 radical (unpaired) electrons. The van der Waals surface area contributed by atoms with Crippen LogP contribution >= 0.6 is 42.5 Å². The van der Waals surface area contributed by atoms with Crippen molar-refractivity contribution >= 4 is 79.5 Å². The number of halogens is 3. The maximum atomic E-state index is 12.5. The minimum atomic E-state index is -3.93. The Hall–Kier alpha value is -2.08. The fourth-order valence-electron chi connectivity index (χ4n) is 3.91. The van der Waals surface area contributed by atoms with Crippen LogP contribution in [0.4, 0.5) is 0 Å². The summed E-state index contributed by atoms with van der Waals surface area (Å²) in [6.45, 7) is 7.14. The highest BCUT2D eigenvalue weighted by atomic mass is 79.9. The van der Waals surface area contributed by atoms with Gasteiger partial charge in [0, 0.05) is 39.6 Å². The third kappa shape index (κ3) is 14.9. The molecule has 17 heteroatoms. The number of carbonyl (C=O) groups excluding carboxylic acids is 1. The molecule has 2 fully saturated rings. The molecule has 0 aromatic heterocycles. The Labute approximate surface area is 285 Å². The van der Waals surface area contributed by atoms with E-state index >= 15 is 0 Å². The van der Waals surface area contributed by atoms with Crippen LogP contribution in [0.1, 0.15) is 73.1 Å². The van der Waals surface area contributed by atoms with E-state index in [2.05, 4.69) is 41.9 Å². The SMILES string of the molecule is C1CCNCC1.CCOC(C)=O.O=C(O)c1ccc(Br)c(S(=O)(=O)Cl)c1.O=C(O)c1ccc(Br)c(S(=O)(=O)N2CCCCC2)c1. The minimum Gasteiger partial charge on any atom is -0.478 e. The molecule has 0 unspecified atom stereocenters. The number of esters is 1. The molecule has 2 aliphatic rings. The van der Waals surface area contributed by atoms with E-state index in [0.717, 1.165) is 25.3 Å². The van der Waals surface area contributed by atoms with Gasteiger partial charge in [-0.1, -0.05) is 12.8 Å². The summed E-state index contributed by atoms with van der Waals surface area (Å²) in [6.07, 6.45) is 6.93. The smallest absolute Gasteiger partial charge is 0.335 e. The van der Waals surface area contributed by atoms with Crippen molar-refractivity contribution in [1.29, 1.82) is 0 Å². The van der Waals surface area contributed by atoms with Crippen LogP contribution in [0.5, 0.6) is 0 Å². The summed E-state index contributed by atoms with van der Waals surface area (Å²) in [7, 11) is -2.46. The average molecular weight is 821 g/mol. The van der Waals surface area contributed by atoms with Crippen molar-refractivity contribution in [1.82, 2.24) is 9.62 Å². The zero-order valence-electron chi connectivity index (χ0n) is 24.8. The zero-order valence-corrected chi connectivity index (χ0v) is 30.4. The lowest BCUT2D eigenvalue weighted by atomic mass is 10.2. The predicted molar refractivity (Wildman–Crippen MR) is 177 cm³/mol. The normalized spacial score (nSPS) is 15.0. The highest BCUT2D eigenvalue weighted by molar-refractivity contribution is 9.10. The van der Waals surface area contributed by atoms with Crippen LogP contribution in [0.3, 0.4) is 0 Å². The van der Waals surface area contributed by atoms with E-state index in [0.29, 0.717) is 24.2 Å². The van der Waals surface area contributed by atoms with E-state index in [9.17, 15) is 31.2 Å². The van der Waals surface area contributed by atoms with Gasteiger partial charge < -0.3 is 20.3 Å². The standard InChI is InChI=1S/C12H14BrNO4S.C7H4BrClO4S.C5H11N.C4H8O2/c13-10-5-4-9(12(15)16)8-11(10)19(17,18)14-6-2-1-3-7-14;8-5-2-1-4(7(10)11)3-6(5)14(9,12)13;1-2-4-6-5-3-1;1-3-6-4(2)5/h4-5,8H,1-3,6-7H2,(H,15,16);1-3H,(H,10,11);6H,1-5H2;3H2,1-2H3.